The number of imide groups is 1. The lowest BCUT2D eigenvalue weighted by atomic mass is 10.2. The number of amides is 3. The lowest BCUT2D eigenvalue weighted by molar-refractivity contribution is -0.127. The fourth-order valence-corrected chi connectivity index (χ4v) is 4.27. The number of rotatable bonds is 5. The number of aromatic nitrogens is 2. The highest BCUT2D eigenvalue weighted by Gasteiger charge is 2.36. The van der Waals surface area contributed by atoms with Gasteiger partial charge >= 0.3 is 0 Å². The Morgan fingerprint density at radius 2 is 1.91 bits per heavy atom. The van der Waals surface area contributed by atoms with Crippen LogP contribution in [0.15, 0.2) is 59.6 Å². The molecule has 1 aromatic carbocycles. The van der Waals surface area contributed by atoms with Crippen LogP contribution in [0.2, 0.25) is 0 Å². The summed E-state index contributed by atoms with van der Waals surface area (Å²) in [6, 6.07) is 13.2. The van der Waals surface area contributed by atoms with Crippen LogP contribution in [0.4, 0.5) is 14.9 Å². The number of carbonyl (C=O) groups is 3. The molecule has 1 fully saturated rings. The Balaban J connectivity index is 1.53. The van der Waals surface area contributed by atoms with Crippen molar-refractivity contribution < 1.29 is 18.8 Å². The first-order valence-electron chi connectivity index (χ1n) is 9.75. The summed E-state index contributed by atoms with van der Waals surface area (Å²) < 4.78 is 15.7. The van der Waals surface area contributed by atoms with Crippen molar-refractivity contribution in [3.63, 3.8) is 0 Å². The normalized spacial score (nSPS) is 15.0. The predicted octanol–water partition coefficient (Wildman–Crippen LogP) is 4.30. The SMILES string of the molecule is Cc1cc(/C=C2\SC(=O)N(CC(=O)Nc3ccccc3F)C2=O)c(C)n1-c1ccccn1. The van der Waals surface area contributed by atoms with E-state index in [0.29, 0.717) is 0 Å². The number of thioether (sulfide) groups is 1. The number of hydrogen-bond donors (Lipinski definition) is 1. The summed E-state index contributed by atoms with van der Waals surface area (Å²) in [7, 11) is 0. The fourth-order valence-electron chi connectivity index (χ4n) is 3.45. The number of carbonyl (C=O) groups excluding carboxylic acids is 3. The van der Waals surface area contributed by atoms with E-state index in [4.69, 9.17) is 0 Å². The van der Waals surface area contributed by atoms with Crippen LogP contribution in [0.1, 0.15) is 17.0 Å². The van der Waals surface area contributed by atoms with E-state index in [1.165, 1.54) is 18.2 Å². The number of hydrogen-bond acceptors (Lipinski definition) is 5. The molecular formula is C23H19FN4O3S. The van der Waals surface area contributed by atoms with Gasteiger partial charge in [0.25, 0.3) is 11.1 Å². The maximum atomic E-state index is 13.7. The molecule has 4 rings (SSSR count). The van der Waals surface area contributed by atoms with Gasteiger partial charge in [0.2, 0.25) is 5.91 Å². The minimum absolute atomic E-state index is 0.0121. The highest BCUT2D eigenvalue weighted by Crippen LogP contribution is 2.33. The number of nitrogens with zero attached hydrogens (tertiary/aromatic N) is 3. The molecule has 0 bridgehead atoms. The molecule has 0 aliphatic carbocycles. The Bertz CT molecular complexity index is 1250. The van der Waals surface area contributed by atoms with Gasteiger partial charge in [0.1, 0.15) is 18.2 Å². The minimum Gasteiger partial charge on any atom is -0.322 e. The van der Waals surface area contributed by atoms with Gasteiger partial charge in [0, 0.05) is 17.6 Å². The summed E-state index contributed by atoms with van der Waals surface area (Å²) >= 11 is 0.767. The summed E-state index contributed by atoms with van der Waals surface area (Å²) in [5, 5.41) is 1.83. The standard InChI is InChI=1S/C23H19FN4O3S/c1-14-11-16(15(2)28(14)20-9-5-6-10-25-20)12-19-22(30)27(23(31)32-19)13-21(29)26-18-8-4-3-7-17(18)24/h3-12H,13H2,1-2H3,(H,26,29)/b19-12-. The number of nitrogens with one attached hydrogen (secondary N) is 1. The molecule has 32 heavy (non-hydrogen) atoms. The van der Waals surface area contributed by atoms with Gasteiger partial charge in [-0.15, -0.1) is 0 Å². The maximum Gasteiger partial charge on any atom is 0.294 e. The van der Waals surface area contributed by atoms with Crippen LogP contribution < -0.4 is 5.32 Å². The smallest absolute Gasteiger partial charge is 0.294 e. The van der Waals surface area contributed by atoms with Crippen LogP contribution in [0, 0.1) is 19.7 Å². The van der Waals surface area contributed by atoms with E-state index >= 15 is 0 Å². The van der Waals surface area contributed by atoms with Crippen LogP contribution in [-0.2, 0) is 9.59 Å². The summed E-state index contributed by atoms with van der Waals surface area (Å²) in [5.74, 6) is -1.07. The van der Waals surface area contributed by atoms with E-state index in [0.717, 1.165) is 39.4 Å². The summed E-state index contributed by atoms with van der Waals surface area (Å²) in [6.45, 7) is 3.33. The number of para-hydroxylation sites is 1. The molecule has 1 aliphatic heterocycles. The second-order valence-electron chi connectivity index (χ2n) is 7.15. The number of anilines is 1. The molecule has 162 valence electrons. The largest absolute Gasteiger partial charge is 0.322 e. The molecule has 2 aromatic heterocycles. The second kappa shape index (κ2) is 8.80. The molecule has 3 aromatic rings. The first kappa shape index (κ1) is 21.5. The first-order valence-corrected chi connectivity index (χ1v) is 10.6. The molecule has 1 N–H and O–H groups in total. The molecule has 7 nitrogen and oxygen atoms in total. The Morgan fingerprint density at radius 1 is 1.16 bits per heavy atom. The number of pyridine rings is 1. The molecule has 0 saturated carbocycles. The van der Waals surface area contributed by atoms with Crippen LogP contribution in [-0.4, -0.2) is 38.0 Å². The van der Waals surface area contributed by atoms with Crippen molar-refractivity contribution in [2.24, 2.45) is 0 Å². The van der Waals surface area contributed by atoms with Crippen molar-refractivity contribution in [1.29, 1.82) is 0 Å². The van der Waals surface area contributed by atoms with E-state index in [1.54, 1.807) is 18.3 Å². The number of halogens is 1. The van der Waals surface area contributed by atoms with Crippen LogP contribution in [0.3, 0.4) is 0 Å². The summed E-state index contributed by atoms with van der Waals surface area (Å²) in [5.41, 5.74) is 2.55. The Morgan fingerprint density at radius 3 is 2.62 bits per heavy atom. The Hall–Kier alpha value is -3.72. The zero-order valence-electron chi connectivity index (χ0n) is 17.3. The Labute approximate surface area is 187 Å². The van der Waals surface area contributed by atoms with E-state index in [1.807, 2.05) is 42.7 Å². The zero-order chi connectivity index (χ0) is 22.8. The third kappa shape index (κ3) is 4.19. The molecule has 0 radical (unpaired) electrons. The molecular weight excluding hydrogens is 431 g/mol. The van der Waals surface area contributed by atoms with Gasteiger partial charge in [0.05, 0.1) is 10.6 Å². The lowest BCUT2D eigenvalue weighted by Crippen LogP contribution is -2.36. The molecule has 3 heterocycles. The highest BCUT2D eigenvalue weighted by atomic mass is 32.2. The molecule has 0 atom stereocenters. The summed E-state index contributed by atoms with van der Waals surface area (Å²) in [4.78, 5) is 42.9. The van der Waals surface area contributed by atoms with Crippen molar-refractivity contribution in [2.75, 3.05) is 11.9 Å². The highest BCUT2D eigenvalue weighted by molar-refractivity contribution is 8.18. The first-order chi connectivity index (χ1) is 15.3. The zero-order valence-corrected chi connectivity index (χ0v) is 18.1. The van der Waals surface area contributed by atoms with Gasteiger partial charge in [-0.25, -0.2) is 9.37 Å². The van der Waals surface area contributed by atoms with Crippen LogP contribution in [0.5, 0.6) is 0 Å². The second-order valence-corrected chi connectivity index (χ2v) is 8.14. The molecule has 0 spiro atoms. The molecule has 1 aliphatic rings. The van der Waals surface area contributed by atoms with Gasteiger partial charge < -0.3 is 9.88 Å². The van der Waals surface area contributed by atoms with Gasteiger partial charge in [-0.1, -0.05) is 18.2 Å². The summed E-state index contributed by atoms with van der Waals surface area (Å²) in [6.07, 6.45) is 3.34. The molecule has 1 saturated heterocycles. The minimum atomic E-state index is -0.660. The van der Waals surface area contributed by atoms with Gasteiger partial charge in [-0.05, 0) is 67.6 Å². The average Bonchev–Trinajstić information content (AvgIpc) is 3.19. The lowest BCUT2D eigenvalue weighted by Gasteiger charge is -2.12. The van der Waals surface area contributed by atoms with Crippen molar-refractivity contribution >= 4 is 40.6 Å². The third-order valence-corrected chi connectivity index (χ3v) is 5.87. The topological polar surface area (TPSA) is 84.3 Å². The van der Waals surface area contributed by atoms with Gasteiger partial charge in [-0.2, -0.15) is 0 Å². The average molecular weight is 450 g/mol. The van der Waals surface area contributed by atoms with E-state index < -0.39 is 29.4 Å². The van der Waals surface area contributed by atoms with Crippen molar-refractivity contribution in [1.82, 2.24) is 14.5 Å². The van der Waals surface area contributed by atoms with Gasteiger partial charge in [0.15, 0.2) is 0 Å². The van der Waals surface area contributed by atoms with E-state index in [2.05, 4.69) is 10.3 Å². The fraction of sp³-hybridized carbons (Fsp3) is 0.130. The van der Waals surface area contributed by atoms with E-state index in [9.17, 15) is 18.8 Å². The maximum absolute atomic E-state index is 13.7. The molecule has 9 heteroatoms. The monoisotopic (exact) mass is 450 g/mol. The van der Waals surface area contributed by atoms with Gasteiger partial charge in [-0.3, -0.25) is 19.3 Å². The van der Waals surface area contributed by atoms with Crippen LogP contribution in [0.25, 0.3) is 11.9 Å². The third-order valence-electron chi connectivity index (χ3n) is 4.96. The van der Waals surface area contributed by atoms with Crippen molar-refractivity contribution in [2.45, 2.75) is 13.8 Å². The van der Waals surface area contributed by atoms with E-state index in [-0.39, 0.29) is 10.6 Å². The predicted molar refractivity (Wildman–Crippen MR) is 121 cm³/mol. The number of aryl methyl sites for hydroxylation is 1. The van der Waals surface area contributed by atoms with Crippen molar-refractivity contribution in [3.8, 4) is 5.82 Å². The molecule has 3 amide bonds. The molecule has 0 unspecified atom stereocenters. The quantitative estimate of drug-likeness (QED) is 0.586. The van der Waals surface area contributed by atoms with Crippen LogP contribution >= 0.6 is 11.8 Å². The Kier molecular flexibility index (Phi) is 5.91. The van der Waals surface area contributed by atoms with Crippen molar-refractivity contribution in [3.05, 3.63) is 82.4 Å². The number of benzene rings is 1.